The van der Waals surface area contributed by atoms with Crippen molar-refractivity contribution in [2.24, 2.45) is 0 Å². The van der Waals surface area contributed by atoms with E-state index in [9.17, 15) is 28.5 Å². The molecular formula is C17H13F2N3O4. The molecule has 1 N–H and O–H groups in total. The minimum atomic E-state index is -1.75. The average Bonchev–Trinajstić information content (AvgIpc) is 2.81. The first-order chi connectivity index (χ1) is 12.2. The lowest BCUT2D eigenvalue weighted by molar-refractivity contribution is -0.384. The summed E-state index contributed by atoms with van der Waals surface area (Å²) < 4.78 is 27.6. The fraction of sp³-hybridized carbons (Fsp3) is 0.176. The van der Waals surface area contributed by atoms with E-state index in [2.05, 4.69) is 5.32 Å². The Morgan fingerprint density at radius 1 is 1.15 bits per heavy atom. The average molecular weight is 361 g/mol. The summed E-state index contributed by atoms with van der Waals surface area (Å²) in [7, 11) is 0. The van der Waals surface area contributed by atoms with E-state index in [-0.39, 0.29) is 17.8 Å². The van der Waals surface area contributed by atoms with Crippen molar-refractivity contribution in [3.05, 3.63) is 75.3 Å². The van der Waals surface area contributed by atoms with E-state index in [1.807, 2.05) is 0 Å². The van der Waals surface area contributed by atoms with Crippen LogP contribution in [-0.4, -0.2) is 21.8 Å². The third-order valence-electron chi connectivity index (χ3n) is 4.23. The van der Waals surface area contributed by atoms with Crippen molar-refractivity contribution in [1.29, 1.82) is 0 Å². The third kappa shape index (κ3) is 2.87. The number of halogens is 2. The van der Waals surface area contributed by atoms with E-state index in [1.54, 1.807) is 0 Å². The minimum absolute atomic E-state index is 0.127. The maximum Gasteiger partial charge on any atom is 0.325 e. The van der Waals surface area contributed by atoms with Crippen molar-refractivity contribution in [2.75, 3.05) is 0 Å². The lowest BCUT2D eigenvalue weighted by Gasteiger charge is -2.22. The molecule has 3 amide bonds. The van der Waals surface area contributed by atoms with E-state index < -0.39 is 34.0 Å². The predicted molar refractivity (Wildman–Crippen MR) is 85.9 cm³/mol. The van der Waals surface area contributed by atoms with Crippen LogP contribution in [0.25, 0.3) is 0 Å². The molecule has 1 fully saturated rings. The van der Waals surface area contributed by atoms with Gasteiger partial charge < -0.3 is 5.32 Å². The molecule has 2 aromatic carbocycles. The van der Waals surface area contributed by atoms with Gasteiger partial charge in [0.2, 0.25) is 0 Å². The maximum absolute atomic E-state index is 14.1. The summed E-state index contributed by atoms with van der Waals surface area (Å²) >= 11 is 0. The Hall–Kier alpha value is -3.36. The van der Waals surface area contributed by atoms with Gasteiger partial charge in [0.1, 0.15) is 17.2 Å². The SMILES string of the molecule is CC1(c2cc(F)ccc2F)NC(=O)N(Cc2ccc([N+](=O)[O-])cc2)C1=O. The second-order valence-corrected chi connectivity index (χ2v) is 5.99. The van der Waals surface area contributed by atoms with Crippen molar-refractivity contribution < 1.29 is 23.3 Å². The number of nitro groups is 1. The highest BCUT2D eigenvalue weighted by Crippen LogP contribution is 2.32. The van der Waals surface area contributed by atoms with E-state index in [1.165, 1.54) is 31.2 Å². The Balaban J connectivity index is 1.89. The molecule has 1 unspecified atom stereocenters. The van der Waals surface area contributed by atoms with Crippen molar-refractivity contribution >= 4 is 17.6 Å². The van der Waals surface area contributed by atoms with Gasteiger partial charge in [0.05, 0.1) is 11.5 Å². The number of nitrogens with one attached hydrogen (secondary N) is 1. The number of nitrogens with zero attached hydrogens (tertiary/aromatic N) is 2. The topological polar surface area (TPSA) is 92.6 Å². The Morgan fingerprint density at radius 3 is 2.42 bits per heavy atom. The summed E-state index contributed by atoms with van der Waals surface area (Å²) in [5, 5.41) is 13.1. The van der Waals surface area contributed by atoms with E-state index in [0.29, 0.717) is 5.56 Å². The number of benzene rings is 2. The number of non-ortho nitro benzene ring substituents is 1. The Morgan fingerprint density at radius 2 is 1.81 bits per heavy atom. The van der Waals surface area contributed by atoms with Gasteiger partial charge in [-0.3, -0.25) is 19.8 Å². The van der Waals surface area contributed by atoms with Gasteiger partial charge in [-0.2, -0.15) is 0 Å². The summed E-state index contributed by atoms with van der Waals surface area (Å²) in [6, 6.07) is 7.22. The van der Waals surface area contributed by atoms with Crippen molar-refractivity contribution in [3.63, 3.8) is 0 Å². The van der Waals surface area contributed by atoms with E-state index in [4.69, 9.17) is 0 Å². The number of carbonyl (C=O) groups is 2. The van der Waals surface area contributed by atoms with Crippen LogP contribution >= 0.6 is 0 Å². The molecule has 0 aliphatic carbocycles. The molecule has 1 atom stereocenters. The molecule has 0 saturated carbocycles. The van der Waals surface area contributed by atoms with Gasteiger partial charge in [0.25, 0.3) is 11.6 Å². The zero-order chi connectivity index (χ0) is 19.1. The Labute approximate surface area is 146 Å². The van der Waals surface area contributed by atoms with Gasteiger partial charge >= 0.3 is 6.03 Å². The lowest BCUT2D eigenvalue weighted by atomic mass is 9.91. The number of rotatable bonds is 4. The van der Waals surface area contributed by atoms with E-state index in [0.717, 1.165) is 23.1 Å². The number of hydrogen-bond acceptors (Lipinski definition) is 4. The molecule has 134 valence electrons. The molecule has 1 saturated heterocycles. The van der Waals surface area contributed by atoms with Crippen LogP contribution in [0.1, 0.15) is 18.1 Å². The molecule has 3 rings (SSSR count). The quantitative estimate of drug-likeness (QED) is 0.515. The predicted octanol–water partition coefficient (Wildman–Crippen LogP) is 2.84. The summed E-state index contributed by atoms with van der Waals surface area (Å²) in [6.45, 7) is 1.14. The molecule has 1 aliphatic heterocycles. The smallest absolute Gasteiger partial charge is 0.319 e. The van der Waals surface area contributed by atoms with Gasteiger partial charge in [0, 0.05) is 17.7 Å². The maximum atomic E-state index is 14.1. The van der Waals surface area contributed by atoms with Gasteiger partial charge in [-0.25, -0.2) is 13.6 Å². The van der Waals surface area contributed by atoms with Crippen molar-refractivity contribution in [3.8, 4) is 0 Å². The van der Waals surface area contributed by atoms with Crippen LogP contribution in [0.4, 0.5) is 19.3 Å². The van der Waals surface area contributed by atoms with Crippen LogP contribution in [0.2, 0.25) is 0 Å². The largest absolute Gasteiger partial charge is 0.325 e. The molecule has 9 heteroatoms. The molecular weight excluding hydrogens is 348 g/mol. The molecule has 0 radical (unpaired) electrons. The number of imide groups is 1. The second kappa shape index (κ2) is 6.17. The molecule has 2 aromatic rings. The highest BCUT2D eigenvalue weighted by atomic mass is 19.1. The molecule has 1 heterocycles. The summed E-state index contributed by atoms with van der Waals surface area (Å²) in [6.07, 6.45) is 0. The van der Waals surface area contributed by atoms with Gasteiger partial charge in [-0.1, -0.05) is 12.1 Å². The fourth-order valence-electron chi connectivity index (χ4n) is 2.81. The molecule has 1 aliphatic rings. The summed E-state index contributed by atoms with van der Waals surface area (Å²) in [5.74, 6) is -2.30. The monoisotopic (exact) mass is 361 g/mol. The number of nitro benzene ring substituents is 1. The standard InChI is InChI=1S/C17H13F2N3O4/c1-17(13-8-11(18)4-7-14(13)19)15(23)21(16(24)20-17)9-10-2-5-12(6-3-10)22(25)26/h2-8H,9H2,1H3,(H,20,24). The van der Waals surface area contributed by atoms with Crippen LogP contribution in [0.5, 0.6) is 0 Å². The van der Waals surface area contributed by atoms with Crippen LogP contribution in [0.3, 0.4) is 0 Å². The highest BCUT2D eigenvalue weighted by Gasteiger charge is 2.50. The van der Waals surface area contributed by atoms with E-state index >= 15 is 0 Å². The van der Waals surface area contributed by atoms with Crippen LogP contribution in [0, 0.1) is 21.7 Å². The Bertz CT molecular complexity index is 917. The second-order valence-electron chi connectivity index (χ2n) is 5.99. The first-order valence-corrected chi connectivity index (χ1v) is 7.55. The number of hydrogen-bond donors (Lipinski definition) is 1. The number of urea groups is 1. The molecule has 0 spiro atoms. The molecule has 0 aromatic heterocycles. The van der Waals surface area contributed by atoms with Crippen molar-refractivity contribution in [2.45, 2.75) is 19.0 Å². The summed E-state index contributed by atoms with van der Waals surface area (Å²) in [4.78, 5) is 35.9. The van der Waals surface area contributed by atoms with Crippen LogP contribution in [0.15, 0.2) is 42.5 Å². The zero-order valence-electron chi connectivity index (χ0n) is 13.5. The lowest BCUT2D eigenvalue weighted by Crippen LogP contribution is -2.41. The fourth-order valence-corrected chi connectivity index (χ4v) is 2.81. The minimum Gasteiger partial charge on any atom is -0.319 e. The first kappa shape index (κ1) is 17.5. The first-order valence-electron chi connectivity index (χ1n) is 7.55. The summed E-state index contributed by atoms with van der Waals surface area (Å²) in [5.41, 5.74) is -1.67. The molecule has 0 bridgehead atoms. The van der Waals surface area contributed by atoms with Gasteiger partial charge in [-0.15, -0.1) is 0 Å². The zero-order valence-corrected chi connectivity index (χ0v) is 13.5. The Kier molecular flexibility index (Phi) is 4.15. The van der Waals surface area contributed by atoms with Gasteiger partial charge in [0.15, 0.2) is 0 Å². The molecule has 26 heavy (non-hydrogen) atoms. The number of carbonyl (C=O) groups excluding carboxylic acids is 2. The van der Waals surface area contributed by atoms with Crippen molar-refractivity contribution in [1.82, 2.24) is 10.2 Å². The van der Waals surface area contributed by atoms with Crippen LogP contribution < -0.4 is 5.32 Å². The van der Waals surface area contributed by atoms with Crippen LogP contribution in [-0.2, 0) is 16.9 Å². The normalized spacial score (nSPS) is 19.6. The third-order valence-corrected chi connectivity index (χ3v) is 4.23. The van der Waals surface area contributed by atoms with Gasteiger partial charge in [-0.05, 0) is 30.7 Å². The molecule has 7 nitrogen and oxygen atoms in total. The highest BCUT2D eigenvalue weighted by molar-refractivity contribution is 6.07. The number of amides is 3.